The van der Waals surface area contributed by atoms with Crippen LogP contribution in [0.4, 0.5) is 0 Å². The van der Waals surface area contributed by atoms with Gasteiger partial charge < -0.3 is 9.47 Å². The highest BCUT2D eigenvalue weighted by Gasteiger charge is 2.27. The summed E-state index contributed by atoms with van der Waals surface area (Å²) >= 11 is 0. The Hall–Kier alpha value is -2.95. The van der Waals surface area contributed by atoms with Crippen molar-refractivity contribution >= 4 is 34.8 Å². The minimum absolute atomic E-state index is 0.343. The van der Waals surface area contributed by atoms with E-state index in [-0.39, 0.29) is 0 Å². The van der Waals surface area contributed by atoms with Crippen molar-refractivity contribution in [3.8, 4) is 0 Å². The molecule has 0 aromatic heterocycles. The summed E-state index contributed by atoms with van der Waals surface area (Å²) in [6.45, 7) is 0. The summed E-state index contributed by atoms with van der Waals surface area (Å²) in [7, 11) is 1.29. The Kier molecular flexibility index (Phi) is 3.02. The monoisotopic (exact) mass is 282 g/mol. The van der Waals surface area contributed by atoms with Gasteiger partial charge in [-0.3, -0.25) is 0 Å². The molecule has 0 bridgehead atoms. The number of ether oxygens (including phenoxy) is 2. The predicted molar refractivity (Wildman–Crippen MR) is 74.7 cm³/mol. The van der Waals surface area contributed by atoms with Crippen LogP contribution in [0.1, 0.15) is 26.3 Å². The molecule has 5 nitrogen and oxygen atoms in total. The summed E-state index contributed by atoms with van der Waals surface area (Å²) in [4.78, 5) is 34.7. The van der Waals surface area contributed by atoms with Gasteiger partial charge in [0.05, 0.1) is 18.2 Å². The van der Waals surface area contributed by atoms with Gasteiger partial charge in [-0.15, -0.1) is 0 Å². The molecule has 1 heterocycles. The summed E-state index contributed by atoms with van der Waals surface area (Å²) in [6, 6.07) is 8.36. The summed E-state index contributed by atoms with van der Waals surface area (Å²) < 4.78 is 9.23. The minimum Gasteiger partial charge on any atom is -0.466 e. The Bertz CT molecular complexity index is 797. The van der Waals surface area contributed by atoms with Crippen molar-refractivity contribution in [1.82, 2.24) is 0 Å². The highest BCUT2D eigenvalue weighted by atomic mass is 16.6. The second kappa shape index (κ2) is 4.86. The molecule has 5 heteroatoms. The van der Waals surface area contributed by atoms with Gasteiger partial charge in [0.1, 0.15) is 0 Å². The van der Waals surface area contributed by atoms with Crippen molar-refractivity contribution in [2.75, 3.05) is 7.11 Å². The fraction of sp³-hybridized carbons (Fsp3) is 0.0625. The molecule has 0 amide bonds. The number of carbonyl (C=O) groups excluding carboxylic acids is 3. The van der Waals surface area contributed by atoms with E-state index in [0.29, 0.717) is 27.5 Å². The lowest BCUT2D eigenvalue weighted by atomic mass is 9.94. The van der Waals surface area contributed by atoms with Crippen molar-refractivity contribution in [1.29, 1.82) is 0 Å². The standard InChI is InChI=1S/C16H10O5/c1-20-13(17)8-6-9-5-7-12-14-10(9)3-2-4-11(14)15(18)21-16(12)19/h2-8H,1H3. The minimum atomic E-state index is -0.660. The number of esters is 3. The largest absolute Gasteiger partial charge is 0.466 e. The van der Waals surface area contributed by atoms with E-state index in [0.717, 1.165) is 0 Å². The molecule has 0 spiro atoms. The first-order valence-corrected chi connectivity index (χ1v) is 6.20. The number of rotatable bonds is 2. The number of hydrogen-bond acceptors (Lipinski definition) is 5. The molecule has 1 aliphatic heterocycles. The fourth-order valence-electron chi connectivity index (χ4n) is 2.33. The van der Waals surface area contributed by atoms with Crippen LogP contribution in [0.5, 0.6) is 0 Å². The SMILES string of the molecule is COC(=O)C=Cc1ccc2c3c(cccc13)C(=O)OC2=O. The lowest BCUT2D eigenvalue weighted by Crippen LogP contribution is -2.19. The first kappa shape index (κ1) is 13.1. The third-order valence-corrected chi connectivity index (χ3v) is 3.30. The van der Waals surface area contributed by atoms with Crippen molar-refractivity contribution in [3.05, 3.63) is 53.1 Å². The topological polar surface area (TPSA) is 69.7 Å². The third kappa shape index (κ3) is 2.08. The fourth-order valence-corrected chi connectivity index (χ4v) is 2.33. The van der Waals surface area contributed by atoms with Crippen LogP contribution in [-0.4, -0.2) is 25.0 Å². The molecule has 2 aromatic rings. The van der Waals surface area contributed by atoms with Gasteiger partial charge in [-0.05, 0) is 29.2 Å². The maximum Gasteiger partial charge on any atom is 0.346 e. The van der Waals surface area contributed by atoms with E-state index in [2.05, 4.69) is 9.47 Å². The molecule has 0 radical (unpaired) electrons. The summed E-state index contributed by atoms with van der Waals surface area (Å²) in [5, 5.41) is 1.25. The van der Waals surface area contributed by atoms with Gasteiger partial charge >= 0.3 is 17.9 Å². The van der Waals surface area contributed by atoms with Gasteiger partial charge in [-0.25, -0.2) is 14.4 Å². The Morgan fingerprint density at radius 3 is 2.52 bits per heavy atom. The van der Waals surface area contributed by atoms with Crippen LogP contribution in [-0.2, 0) is 14.3 Å². The molecular weight excluding hydrogens is 272 g/mol. The lowest BCUT2D eigenvalue weighted by molar-refractivity contribution is -0.134. The molecule has 0 saturated heterocycles. The Labute approximate surface area is 119 Å². The van der Waals surface area contributed by atoms with Gasteiger partial charge in [-0.2, -0.15) is 0 Å². The van der Waals surface area contributed by atoms with E-state index in [1.165, 1.54) is 13.2 Å². The first-order chi connectivity index (χ1) is 10.1. The van der Waals surface area contributed by atoms with Crippen molar-refractivity contribution < 1.29 is 23.9 Å². The van der Waals surface area contributed by atoms with E-state index < -0.39 is 17.9 Å². The Morgan fingerprint density at radius 2 is 1.81 bits per heavy atom. The number of carbonyl (C=O) groups is 3. The quantitative estimate of drug-likeness (QED) is 0.480. The molecule has 0 saturated carbocycles. The zero-order chi connectivity index (χ0) is 15.0. The Morgan fingerprint density at radius 1 is 1.10 bits per heavy atom. The van der Waals surface area contributed by atoms with Gasteiger partial charge in [0.2, 0.25) is 0 Å². The van der Waals surface area contributed by atoms with Gasteiger partial charge in [0.25, 0.3) is 0 Å². The third-order valence-electron chi connectivity index (χ3n) is 3.30. The lowest BCUT2D eigenvalue weighted by Gasteiger charge is -2.16. The average molecular weight is 282 g/mol. The van der Waals surface area contributed by atoms with Crippen LogP contribution in [0.2, 0.25) is 0 Å². The average Bonchev–Trinajstić information content (AvgIpc) is 2.50. The highest BCUT2D eigenvalue weighted by Crippen LogP contribution is 2.31. The zero-order valence-electron chi connectivity index (χ0n) is 11.1. The molecule has 0 atom stereocenters. The highest BCUT2D eigenvalue weighted by molar-refractivity contribution is 6.21. The van der Waals surface area contributed by atoms with Crippen LogP contribution in [0, 0.1) is 0 Å². The molecule has 104 valence electrons. The second-order valence-corrected chi connectivity index (χ2v) is 4.46. The van der Waals surface area contributed by atoms with E-state index in [1.54, 1.807) is 36.4 Å². The molecule has 3 rings (SSSR count). The number of hydrogen-bond donors (Lipinski definition) is 0. The predicted octanol–water partition coefficient (Wildman–Crippen LogP) is 2.34. The van der Waals surface area contributed by atoms with E-state index in [9.17, 15) is 14.4 Å². The molecule has 0 fully saturated rings. The zero-order valence-corrected chi connectivity index (χ0v) is 11.1. The van der Waals surface area contributed by atoms with Crippen LogP contribution in [0.3, 0.4) is 0 Å². The van der Waals surface area contributed by atoms with Crippen LogP contribution < -0.4 is 0 Å². The van der Waals surface area contributed by atoms with Gasteiger partial charge in [0.15, 0.2) is 0 Å². The summed E-state index contributed by atoms with van der Waals surface area (Å²) in [6.07, 6.45) is 2.87. The van der Waals surface area contributed by atoms with Crippen molar-refractivity contribution in [3.63, 3.8) is 0 Å². The molecule has 0 N–H and O–H groups in total. The molecule has 0 aliphatic carbocycles. The molecule has 1 aliphatic rings. The maximum absolute atomic E-state index is 11.8. The number of methoxy groups -OCH3 is 1. The maximum atomic E-state index is 11.8. The first-order valence-electron chi connectivity index (χ1n) is 6.20. The molecule has 2 aromatic carbocycles. The van der Waals surface area contributed by atoms with Gasteiger partial charge in [-0.1, -0.05) is 18.2 Å². The molecule has 0 unspecified atom stereocenters. The Balaban J connectivity index is 2.26. The summed E-state index contributed by atoms with van der Waals surface area (Å²) in [5.74, 6) is -1.80. The smallest absolute Gasteiger partial charge is 0.346 e. The van der Waals surface area contributed by atoms with Crippen LogP contribution in [0.15, 0.2) is 36.4 Å². The van der Waals surface area contributed by atoms with Crippen molar-refractivity contribution in [2.45, 2.75) is 0 Å². The second-order valence-electron chi connectivity index (χ2n) is 4.46. The van der Waals surface area contributed by atoms with E-state index in [4.69, 9.17) is 0 Å². The normalized spacial score (nSPS) is 13.6. The van der Waals surface area contributed by atoms with E-state index in [1.807, 2.05) is 0 Å². The van der Waals surface area contributed by atoms with E-state index >= 15 is 0 Å². The van der Waals surface area contributed by atoms with Crippen molar-refractivity contribution in [2.24, 2.45) is 0 Å². The number of benzene rings is 2. The van der Waals surface area contributed by atoms with Gasteiger partial charge in [0, 0.05) is 11.5 Å². The van der Waals surface area contributed by atoms with Crippen LogP contribution in [0.25, 0.3) is 16.8 Å². The molecular formula is C16H10O5. The number of cyclic esters (lactones) is 2. The summed E-state index contributed by atoms with van der Waals surface area (Å²) in [5.41, 5.74) is 1.40. The van der Waals surface area contributed by atoms with Crippen LogP contribution >= 0.6 is 0 Å². The molecule has 21 heavy (non-hydrogen) atoms.